The van der Waals surface area contributed by atoms with E-state index in [0.717, 1.165) is 55.2 Å². The Balaban J connectivity index is 1.63. The minimum Gasteiger partial charge on any atom is -0.398 e. The van der Waals surface area contributed by atoms with Gasteiger partial charge in [0.1, 0.15) is 5.82 Å². The minimum absolute atomic E-state index is 0.0300. The Morgan fingerprint density at radius 1 is 1.28 bits per heavy atom. The average molecular weight is 336 g/mol. The molecule has 0 aliphatic carbocycles. The molecule has 1 unspecified atom stereocenters. The number of rotatable bonds is 2. The maximum absolute atomic E-state index is 13.1. The van der Waals surface area contributed by atoms with Gasteiger partial charge < -0.3 is 15.5 Å². The Bertz CT molecular complexity index is 804. The fourth-order valence-electron chi connectivity index (χ4n) is 3.89. The number of anilines is 3. The first kappa shape index (κ1) is 15.9. The molecule has 3 heterocycles. The van der Waals surface area contributed by atoms with Crippen LogP contribution < -0.4 is 15.5 Å². The maximum Gasteiger partial charge on any atom is 0.258 e. The molecule has 2 aliphatic heterocycles. The van der Waals surface area contributed by atoms with Crippen molar-refractivity contribution in [2.75, 3.05) is 35.2 Å². The van der Waals surface area contributed by atoms with Crippen molar-refractivity contribution in [3.63, 3.8) is 0 Å². The van der Waals surface area contributed by atoms with E-state index in [2.05, 4.69) is 16.8 Å². The lowest BCUT2D eigenvalue weighted by molar-refractivity contribution is 0.0985. The van der Waals surface area contributed by atoms with Crippen LogP contribution in [0.5, 0.6) is 0 Å². The number of nitrogen functional groups attached to an aromatic ring is 1. The summed E-state index contributed by atoms with van der Waals surface area (Å²) >= 11 is 0. The summed E-state index contributed by atoms with van der Waals surface area (Å²) in [5.41, 5.74) is 9.61. The fraction of sp³-hybridized carbons (Fsp3) is 0.400. The Morgan fingerprint density at radius 2 is 2.16 bits per heavy atom. The van der Waals surface area contributed by atoms with Gasteiger partial charge >= 0.3 is 0 Å². The van der Waals surface area contributed by atoms with Gasteiger partial charge in [0.2, 0.25) is 0 Å². The van der Waals surface area contributed by atoms with Crippen LogP contribution >= 0.6 is 0 Å². The van der Waals surface area contributed by atoms with Crippen molar-refractivity contribution in [2.24, 2.45) is 5.92 Å². The lowest BCUT2D eigenvalue weighted by Crippen LogP contribution is -2.36. The second-order valence-corrected chi connectivity index (χ2v) is 7.15. The summed E-state index contributed by atoms with van der Waals surface area (Å²) < 4.78 is 0. The minimum atomic E-state index is 0.0300. The molecule has 2 aliphatic rings. The number of fused-ring (bicyclic) bond motifs is 1. The Morgan fingerprint density at radius 3 is 2.96 bits per heavy atom. The van der Waals surface area contributed by atoms with Crippen LogP contribution in [-0.2, 0) is 6.42 Å². The number of hydrogen-bond acceptors (Lipinski definition) is 4. The summed E-state index contributed by atoms with van der Waals surface area (Å²) in [7, 11) is 0. The number of carbonyl (C=O) groups excluding carboxylic acids is 1. The predicted octanol–water partition coefficient (Wildman–Crippen LogP) is 3.10. The molecule has 5 heteroatoms. The fourth-order valence-corrected chi connectivity index (χ4v) is 3.89. The topological polar surface area (TPSA) is 62.5 Å². The van der Waals surface area contributed by atoms with Gasteiger partial charge in [0, 0.05) is 42.8 Å². The lowest BCUT2D eigenvalue weighted by Gasteiger charge is -2.30. The summed E-state index contributed by atoms with van der Waals surface area (Å²) in [4.78, 5) is 21.8. The summed E-state index contributed by atoms with van der Waals surface area (Å²) in [6.07, 6.45) is 4.79. The van der Waals surface area contributed by atoms with E-state index in [9.17, 15) is 4.79 Å². The molecule has 25 heavy (non-hydrogen) atoms. The number of benzene rings is 1. The zero-order valence-electron chi connectivity index (χ0n) is 14.6. The van der Waals surface area contributed by atoms with Gasteiger partial charge in [-0.15, -0.1) is 0 Å². The third-order valence-electron chi connectivity index (χ3n) is 5.27. The molecule has 4 rings (SSSR count). The van der Waals surface area contributed by atoms with Crippen molar-refractivity contribution in [1.82, 2.24) is 4.98 Å². The van der Waals surface area contributed by atoms with E-state index in [1.54, 1.807) is 6.20 Å². The second-order valence-electron chi connectivity index (χ2n) is 7.15. The third-order valence-corrected chi connectivity index (χ3v) is 5.27. The van der Waals surface area contributed by atoms with Crippen LogP contribution in [0.25, 0.3) is 0 Å². The predicted molar refractivity (Wildman–Crippen MR) is 101 cm³/mol. The molecule has 2 aromatic rings. The molecule has 1 aromatic carbocycles. The van der Waals surface area contributed by atoms with Crippen molar-refractivity contribution in [1.29, 1.82) is 0 Å². The highest BCUT2D eigenvalue weighted by molar-refractivity contribution is 6.07. The summed E-state index contributed by atoms with van der Waals surface area (Å²) in [6.45, 7) is 5.00. The molecule has 1 aromatic heterocycles. The van der Waals surface area contributed by atoms with E-state index < -0.39 is 0 Å². The van der Waals surface area contributed by atoms with Gasteiger partial charge in [-0.25, -0.2) is 4.98 Å². The number of pyridine rings is 1. The van der Waals surface area contributed by atoms with E-state index in [1.165, 1.54) is 6.42 Å². The van der Waals surface area contributed by atoms with Gasteiger partial charge in [-0.05, 0) is 55.0 Å². The maximum atomic E-state index is 13.1. The highest BCUT2D eigenvalue weighted by Gasteiger charge is 2.26. The summed E-state index contributed by atoms with van der Waals surface area (Å²) in [5, 5.41) is 0. The standard InChI is InChI=1S/C20H24N4O/c1-14-8-11-23(13-14)19-12-15(7-9-22-19)20(25)24-10-3-4-16-17(21)5-2-6-18(16)24/h2,5-7,9,12,14H,3-4,8,10-11,13,21H2,1H3. The molecule has 1 saturated heterocycles. The van der Waals surface area contributed by atoms with Crippen LogP contribution in [0.4, 0.5) is 17.2 Å². The average Bonchev–Trinajstić information content (AvgIpc) is 3.08. The second kappa shape index (κ2) is 6.39. The smallest absolute Gasteiger partial charge is 0.258 e. The number of nitrogens with zero attached hydrogens (tertiary/aromatic N) is 3. The van der Waals surface area contributed by atoms with Crippen LogP contribution in [-0.4, -0.2) is 30.5 Å². The summed E-state index contributed by atoms with van der Waals surface area (Å²) in [6, 6.07) is 9.56. The van der Waals surface area contributed by atoms with E-state index in [-0.39, 0.29) is 5.91 Å². The molecule has 1 amide bonds. The normalized spacial score (nSPS) is 19.8. The Kier molecular flexibility index (Phi) is 4.07. The molecule has 0 spiro atoms. The highest BCUT2D eigenvalue weighted by Crippen LogP contribution is 2.32. The van der Waals surface area contributed by atoms with Gasteiger partial charge in [-0.3, -0.25) is 4.79 Å². The molecular formula is C20H24N4O. The largest absolute Gasteiger partial charge is 0.398 e. The van der Waals surface area contributed by atoms with E-state index in [0.29, 0.717) is 11.5 Å². The molecule has 1 fully saturated rings. The molecule has 1 atom stereocenters. The molecule has 0 bridgehead atoms. The first-order valence-corrected chi connectivity index (χ1v) is 9.03. The molecule has 0 radical (unpaired) electrons. The number of carbonyl (C=O) groups is 1. The van der Waals surface area contributed by atoms with Crippen molar-refractivity contribution in [2.45, 2.75) is 26.2 Å². The van der Waals surface area contributed by atoms with Gasteiger partial charge in [-0.2, -0.15) is 0 Å². The summed E-state index contributed by atoms with van der Waals surface area (Å²) in [5.74, 6) is 1.61. The SMILES string of the molecule is CC1CCN(c2cc(C(=O)N3CCCc4c(N)cccc43)ccn2)C1. The van der Waals surface area contributed by atoms with Crippen LogP contribution in [0.15, 0.2) is 36.5 Å². The quantitative estimate of drug-likeness (QED) is 0.856. The van der Waals surface area contributed by atoms with Gasteiger partial charge in [-0.1, -0.05) is 13.0 Å². The van der Waals surface area contributed by atoms with Gasteiger partial charge in [0.05, 0.1) is 0 Å². The number of aromatic nitrogens is 1. The van der Waals surface area contributed by atoms with E-state index in [4.69, 9.17) is 5.73 Å². The van der Waals surface area contributed by atoms with Crippen LogP contribution in [0.3, 0.4) is 0 Å². The van der Waals surface area contributed by atoms with Crippen molar-refractivity contribution in [3.05, 3.63) is 47.7 Å². The molecule has 130 valence electrons. The van der Waals surface area contributed by atoms with E-state index >= 15 is 0 Å². The van der Waals surface area contributed by atoms with Crippen LogP contribution in [0.2, 0.25) is 0 Å². The van der Waals surface area contributed by atoms with Gasteiger partial charge in [0.25, 0.3) is 5.91 Å². The Hall–Kier alpha value is -2.56. The molecular weight excluding hydrogens is 312 g/mol. The molecule has 0 saturated carbocycles. The van der Waals surface area contributed by atoms with E-state index in [1.807, 2.05) is 35.2 Å². The molecule has 2 N–H and O–H groups in total. The number of amides is 1. The molecule has 5 nitrogen and oxygen atoms in total. The van der Waals surface area contributed by atoms with Gasteiger partial charge in [0.15, 0.2) is 0 Å². The highest BCUT2D eigenvalue weighted by atomic mass is 16.2. The third kappa shape index (κ3) is 2.95. The zero-order chi connectivity index (χ0) is 17.4. The van der Waals surface area contributed by atoms with Crippen LogP contribution in [0.1, 0.15) is 35.7 Å². The first-order chi connectivity index (χ1) is 12.1. The zero-order valence-corrected chi connectivity index (χ0v) is 14.6. The van der Waals surface area contributed by atoms with Crippen molar-refractivity contribution >= 4 is 23.1 Å². The number of nitrogens with two attached hydrogens (primary N) is 1. The monoisotopic (exact) mass is 336 g/mol. The van der Waals surface area contributed by atoms with Crippen molar-refractivity contribution < 1.29 is 4.79 Å². The van der Waals surface area contributed by atoms with Crippen molar-refractivity contribution in [3.8, 4) is 0 Å². The lowest BCUT2D eigenvalue weighted by atomic mass is 9.99. The number of hydrogen-bond donors (Lipinski definition) is 1. The van der Waals surface area contributed by atoms with Crippen LogP contribution in [0, 0.1) is 5.92 Å². The Labute approximate surface area is 148 Å². The first-order valence-electron chi connectivity index (χ1n) is 9.03.